The molecule has 0 aromatic heterocycles. The van der Waals surface area contributed by atoms with Crippen LogP contribution in [0.3, 0.4) is 0 Å². The van der Waals surface area contributed by atoms with E-state index in [0.717, 1.165) is 57.2 Å². The van der Waals surface area contributed by atoms with Crippen LogP contribution in [-0.2, 0) is 124 Å². The van der Waals surface area contributed by atoms with Crippen LogP contribution in [0, 0.1) is 23.7 Å². The van der Waals surface area contributed by atoms with Crippen LogP contribution in [0.2, 0.25) is 0 Å². The third-order valence-electron chi connectivity index (χ3n) is 15.5. The first-order valence-corrected chi connectivity index (χ1v) is 63.7. The Balaban J connectivity index is -0.000000318. The molecule has 0 aliphatic carbocycles. The first-order valence-electron chi connectivity index (χ1n) is 40.7. The lowest BCUT2D eigenvalue weighted by Gasteiger charge is -2.43. The summed E-state index contributed by atoms with van der Waals surface area (Å²) >= 11 is 41.9. The second-order valence-corrected chi connectivity index (χ2v) is 75.9. The molecule has 2 aliphatic heterocycles. The number of aliphatic carboxylic acids is 2. The zero-order valence-corrected chi connectivity index (χ0v) is 92.3. The summed E-state index contributed by atoms with van der Waals surface area (Å²) < 4.78 is 83.8. The Morgan fingerprint density at radius 2 is 1.05 bits per heavy atom. The number of esters is 1. The van der Waals surface area contributed by atoms with Gasteiger partial charge in [0.25, 0.3) is 10.1 Å². The van der Waals surface area contributed by atoms with Crippen LogP contribution in [0.4, 0.5) is 0 Å². The number of amides is 1. The Kier molecular flexibility index (Phi) is 69.3. The molecule has 0 radical (unpaired) electrons. The van der Waals surface area contributed by atoms with Crippen LogP contribution < -0.4 is 26.5 Å². The third kappa shape index (κ3) is 71.5. The number of carboxylic acid groups (broad SMARTS) is 2. The Bertz CT molecular complexity index is 4060. The molecular weight excluding hydrogens is 1880 g/mol. The summed E-state index contributed by atoms with van der Waals surface area (Å²) in [5, 5.41) is 24.8. The van der Waals surface area contributed by atoms with Gasteiger partial charge in [-0.25, -0.2) is 21.6 Å². The number of thiocarbonyl (C=S) groups is 3. The largest absolute Gasteiger partial charge is 0.727 e. The van der Waals surface area contributed by atoms with Crippen LogP contribution in [0.5, 0.6) is 0 Å². The number of piperidine rings is 1. The Morgan fingerprint density at radius 3 is 1.37 bits per heavy atom. The summed E-state index contributed by atoms with van der Waals surface area (Å²) in [6, 6.07) is 25.3. The summed E-state index contributed by atoms with van der Waals surface area (Å²) in [5.74, 6) is -0.496. The Morgan fingerprint density at radius 1 is 0.626 bits per heavy atom. The minimum atomic E-state index is -3.23. The van der Waals surface area contributed by atoms with Gasteiger partial charge in [0.1, 0.15) is 18.7 Å². The minimum Gasteiger partial charge on any atom is -0.727 e. The van der Waals surface area contributed by atoms with Crippen molar-refractivity contribution in [3.8, 4) is 0 Å². The van der Waals surface area contributed by atoms with Gasteiger partial charge in [-0.15, -0.1) is 11.8 Å². The van der Waals surface area contributed by atoms with E-state index in [2.05, 4.69) is 162 Å². The van der Waals surface area contributed by atoms with Crippen molar-refractivity contribution >= 4 is 224 Å². The van der Waals surface area contributed by atoms with Crippen molar-refractivity contribution in [3.05, 3.63) is 89.5 Å². The van der Waals surface area contributed by atoms with Crippen molar-refractivity contribution < 1.29 is 73.0 Å². The van der Waals surface area contributed by atoms with Crippen molar-refractivity contribution in [1.82, 2.24) is 15.3 Å². The van der Waals surface area contributed by atoms with E-state index in [-0.39, 0.29) is 79.0 Å². The molecule has 3 unspecified atom stereocenters. The van der Waals surface area contributed by atoms with Gasteiger partial charge in [0.2, 0.25) is 5.91 Å². The van der Waals surface area contributed by atoms with Crippen LogP contribution in [-0.4, -0.2) is 177 Å². The fourth-order valence-corrected chi connectivity index (χ4v) is 60.2. The Labute approximate surface area is 800 Å². The van der Waals surface area contributed by atoms with Gasteiger partial charge in [-0.05, 0) is 213 Å². The van der Waals surface area contributed by atoms with Crippen molar-refractivity contribution in [2.45, 2.75) is 327 Å². The number of aryl methyl sites for hydroxylation is 1. The number of carbonyl (C=O) groups is 4. The number of carboxylic acids is 2. The molecule has 1 amide bonds. The SMILES string of the molecule is C.C.CC(=S)CCC(NC(C)C)C(=O)O.CC(=S)COC(=O)C(C)(C)C.CC(=S)COC(C)C.CC(C)(C)CCSS(C)(=O)=O.CC(C)(C)OCCCSS(C)(=O)=O.CC(C)(C)c1ccc(P(=S)([S-])N2CCCCC2)cc1.CCC(NC(=O)CC(C)C)C(=O)O.CCCS(=O)(=O)OC(C)C.Cc1ccc(P2(=S)SP(=S)(c3ccc(C(C)(C)C)cc3)S2)cc1. The van der Waals surface area contributed by atoms with Gasteiger partial charge in [0.05, 0.1) is 44.5 Å². The molecule has 3 atom stereocenters. The fraction of sp³-hybridized carbons (Fsp3) is 0.713. The molecule has 3 aromatic rings. The number of rotatable bonds is 32. The maximum absolute atomic E-state index is 11.2. The van der Waals surface area contributed by atoms with E-state index >= 15 is 0 Å². The highest BCUT2D eigenvalue weighted by molar-refractivity contribution is 9.48. The third-order valence-corrected chi connectivity index (χ3v) is 58.8. The molecule has 718 valence electrons. The van der Waals surface area contributed by atoms with Gasteiger partial charge in [0, 0.05) is 76.5 Å². The number of hydrogen-bond donors (Lipinski definition) is 4. The van der Waals surface area contributed by atoms with Gasteiger partial charge in [-0.2, -0.15) is 8.42 Å². The van der Waals surface area contributed by atoms with Crippen molar-refractivity contribution in [3.63, 3.8) is 0 Å². The van der Waals surface area contributed by atoms with Crippen LogP contribution in [0.15, 0.2) is 72.8 Å². The van der Waals surface area contributed by atoms with Gasteiger partial charge >= 0.3 is 17.9 Å². The van der Waals surface area contributed by atoms with Gasteiger partial charge in [-0.3, -0.25) is 23.2 Å². The summed E-state index contributed by atoms with van der Waals surface area (Å²) in [5.41, 5.74) is 4.04. The molecule has 0 saturated carbocycles. The summed E-state index contributed by atoms with van der Waals surface area (Å²) in [7, 11) is -6.93. The molecule has 123 heavy (non-hydrogen) atoms. The van der Waals surface area contributed by atoms with Crippen molar-refractivity contribution in [2.75, 3.05) is 62.7 Å². The summed E-state index contributed by atoms with van der Waals surface area (Å²) in [6.45, 7) is 61.0. The number of carbonyl (C=O) groups excluding carboxylic acids is 2. The van der Waals surface area contributed by atoms with E-state index in [9.17, 15) is 44.4 Å². The predicted octanol–water partition coefficient (Wildman–Crippen LogP) is 23.1. The summed E-state index contributed by atoms with van der Waals surface area (Å²) in [4.78, 5) is 46.0. The average molecular weight is 2050 g/mol. The normalized spacial score (nSPS) is 16.3. The molecule has 0 spiro atoms. The van der Waals surface area contributed by atoms with Gasteiger partial charge < -0.3 is 47.3 Å². The molecular formula is C87H159N3O16P3S14-. The minimum absolute atomic E-state index is 0. The molecule has 2 fully saturated rings. The molecule has 2 saturated heterocycles. The maximum atomic E-state index is 11.2. The number of nitrogens with one attached hydrogen (secondary N) is 2. The quantitative estimate of drug-likeness (QED) is 0.00860. The number of benzene rings is 3. The smallest absolute Gasteiger partial charge is 0.326 e. The standard InChI is InChI=1S/C17H20P2S4.C15H24NPS2.C9H17NO3.C9H17NO2S.C8H18O3S2.C8H14O2S.C7H16O2S2.C6H14O3S.C6H12OS.2CH4/c1-13-5-9-15(10-6-13)18(20)22-19(21,23-18)16-11-7-14(8-12-16)17(2,3)4;1-15(2,3)13-7-9-14(10-8-13)17(18,19)16-11-5-4-6-12-16;1-4-7(9(12)13)10-8(11)5-6(2)3;1-6(2)10-8(9(11)12)5-4-7(3)13;1-8(2,3)11-6-5-7-12-13(4,9)10;1-6(11)5-10-7(9)8(2,3)4;1-7(2,3)5-6-10-11(4,8)9;1-4-5-10(7,8)9-6(2)3;1-5(2)7-4-6(3)8;;/h5-12H,1-4H3;7-10H,4-6,11-12H2,1-3H3,(H,18,19);6-7H,4-5H2,1-3H3,(H,10,11)(H,12,13);6,8,10H,4-5H2,1-3H3,(H,11,12);5-7H2,1-4H3;5H2,1-4H3;5-6H2,1-4H3;6H,4-5H2,1-3H3;5H,4H2,1-3H3;2*1H4/p-1. The highest BCUT2D eigenvalue weighted by Crippen LogP contribution is 3.04. The highest BCUT2D eigenvalue weighted by atomic mass is 33.7. The second kappa shape index (κ2) is 64.1. The molecule has 2 aliphatic rings. The van der Waals surface area contributed by atoms with Crippen LogP contribution in [0.1, 0.15) is 290 Å². The second-order valence-electron chi connectivity index (χ2n) is 35.7. The lowest BCUT2D eigenvalue weighted by Crippen LogP contribution is -2.40. The van der Waals surface area contributed by atoms with E-state index in [1.54, 1.807) is 34.6 Å². The van der Waals surface area contributed by atoms with Crippen LogP contribution in [0.25, 0.3) is 0 Å². The number of nitrogens with zero attached hydrogens (tertiary/aromatic N) is 1. The first-order chi connectivity index (χ1) is 54.7. The molecule has 5 rings (SSSR count). The summed E-state index contributed by atoms with van der Waals surface area (Å²) in [6.07, 6.45) is 10.7. The number of ether oxygens (including phenoxy) is 3. The topological polar surface area (TPSA) is 275 Å². The zero-order valence-electron chi connectivity index (χ0n) is 78.2. The van der Waals surface area contributed by atoms with E-state index in [4.69, 9.17) is 109 Å². The van der Waals surface area contributed by atoms with Crippen molar-refractivity contribution in [1.29, 1.82) is 0 Å². The first kappa shape index (κ1) is 133. The van der Waals surface area contributed by atoms with E-state index in [0.29, 0.717) is 67.8 Å². The van der Waals surface area contributed by atoms with Crippen LogP contribution >= 0.6 is 94.5 Å². The lowest BCUT2D eigenvalue weighted by atomic mass is 9.87. The lowest BCUT2D eigenvalue weighted by molar-refractivity contribution is -0.151. The Hall–Kier alpha value is -0.840. The van der Waals surface area contributed by atoms with Crippen molar-refractivity contribution in [2.24, 2.45) is 16.7 Å². The predicted molar refractivity (Wildman–Crippen MR) is 569 cm³/mol. The van der Waals surface area contributed by atoms with E-state index in [1.165, 1.54) is 64.4 Å². The molecule has 3 aromatic carbocycles. The molecule has 2 heterocycles. The van der Waals surface area contributed by atoms with E-state index < -0.39 is 71.6 Å². The zero-order chi connectivity index (χ0) is 95.3. The fourth-order valence-electron chi connectivity index (χ4n) is 9.20. The highest BCUT2D eigenvalue weighted by Gasteiger charge is 2.46. The van der Waals surface area contributed by atoms with E-state index in [1.807, 2.05) is 119 Å². The maximum Gasteiger partial charge on any atom is 0.326 e. The molecule has 4 N–H and O–H groups in total. The average Bonchev–Trinajstić information content (AvgIpc) is 0.728. The molecule has 0 bridgehead atoms. The number of hydrogen-bond acceptors (Lipinski definition) is 26. The van der Waals surface area contributed by atoms with Gasteiger partial charge in [-0.1, -0.05) is 291 Å². The molecule has 19 nitrogen and oxygen atoms in total. The van der Waals surface area contributed by atoms with Gasteiger partial charge in [0.15, 0.2) is 17.7 Å². The molecule has 36 heteroatoms. The monoisotopic (exact) mass is 2040 g/mol.